The van der Waals surface area contributed by atoms with Crippen LogP contribution in [0.15, 0.2) is 30.3 Å². The molecule has 2 rings (SSSR count). The van der Waals surface area contributed by atoms with Crippen LogP contribution in [0.25, 0.3) is 0 Å². The van der Waals surface area contributed by atoms with Crippen molar-refractivity contribution >= 4 is 18.3 Å². The molecule has 1 heterocycles. The first-order valence-corrected chi connectivity index (χ1v) is 8.42. The first-order valence-electron chi connectivity index (χ1n) is 8.42. The fraction of sp³-hybridized carbons (Fsp3) is 0.611. The van der Waals surface area contributed by atoms with Gasteiger partial charge >= 0.3 is 0 Å². The third kappa shape index (κ3) is 6.90. The average Bonchev–Trinajstić information content (AvgIpc) is 2.58. The number of carbonyl (C=O) groups is 1. The number of carbonyl (C=O) groups excluding carboxylic acids is 1. The monoisotopic (exact) mass is 340 g/mol. The van der Waals surface area contributed by atoms with Crippen molar-refractivity contribution in [2.24, 2.45) is 5.73 Å². The molecule has 23 heavy (non-hydrogen) atoms. The number of piperidine rings is 1. The number of rotatable bonds is 8. The van der Waals surface area contributed by atoms with Crippen LogP contribution in [0.4, 0.5) is 0 Å². The third-order valence-electron chi connectivity index (χ3n) is 4.28. The highest BCUT2D eigenvalue weighted by Crippen LogP contribution is 2.17. The number of nitrogens with two attached hydrogens (primary N) is 1. The van der Waals surface area contributed by atoms with Gasteiger partial charge in [0, 0.05) is 32.2 Å². The molecule has 0 bridgehead atoms. The topological polar surface area (TPSA) is 55.6 Å². The first-order chi connectivity index (χ1) is 10.8. The first kappa shape index (κ1) is 19.9. The summed E-state index contributed by atoms with van der Waals surface area (Å²) in [5.41, 5.74) is 7.05. The summed E-state index contributed by atoms with van der Waals surface area (Å²) in [7, 11) is 0. The number of hydrogen-bond donors (Lipinski definition) is 1. The molecule has 1 amide bonds. The Labute approximate surface area is 145 Å². The van der Waals surface area contributed by atoms with Crippen LogP contribution < -0.4 is 5.73 Å². The van der Waals surface area contributed by atoms with Crippen molar-refractivity contribution < 1.29 is 9.53 Å². The highest BCUT2D eigenvalue weighted by Gasteiger charge is 2.24. The number of nitrogens with zero attached hydrogens (tertiary/aromatic N) is 1. The lowest BCUT2D eigenvalue weighted by atomic mass is 10.0. The van der Waals surface area contributed by atoms with Crippen molar-refractivity contribution in [1.82, 2.24) is 4.90 Å². The summed E-state index contributed by atoms with van der Waals surface area (Å²) in [5.74, 6) is 0.238. The second-order valence-electron chi connectivity index (χ2n) is 5.92. The van der Waals surface area contributed by atoms with Gasteiger partial charge in [0.25, 0.3) is 0 Å². The highest BCUT2D eigenvalue weighted by molar-refractivity contribution is 5.85. The van der Waals surface area contributed by atoms with E-state index in [9.17, 15) is 4.79 Å². The Morgan fingerprint density at radius 1 is 1.22 bits per heavy atom. The molecular formula is C18H29ClN2O2. The van der Waals surface area contributed by atoms with Gasteiger partial charge in [-0.15, -0.1) is 12.4 Å². The molecule has 0 aliphatic carbocycles. The van der Waals surface area contributed by atoms with Gasteiger partial charge in [0.05, 0.1) is 6.61 Å². The lowest BCUT2D eigenvalue weighted by Crippen LogP contribution is -2.47. The molecule has 1 aliphatic heterocycles. The summed E-state index contributed by atoms with van der Waals surface area (Å²) in [4.78, 5) is 14.2. The van der Waals surface area contributed by atoms with Crippen LogP contribution in [-0.2, 0) is 16.0 Å². The third-order valence-corrected chi connectivity index (χ3v) is 4.28. The fourth-order valence-electron chi connectivity index (χ4n) is 2.98. The molecule has 0 radical (unpaired) electrons. The molecule has 1 aromatic carbocycles. The molecule has 1 saturated heterocycles. The van der Waals surface area contributed by atoms with Gasteiger partial charge < -0.3 is 15.4 Å². The van der Waals surface area contributed by atoms with Crippen LogP contribution in [0.3, 0.4) is 0 Å². The molecule has 1 unspecified atom stereocenters. The second-order valence-corrected chi connectivity index (χ2v) is 5.92. The Morgan fingerprint density at radius 3 is 2.74 bits per heavy atom. The van der Waals surface area contributed by atoms with E-state index in [4.69, 9.17) is 10.5 Å². The standard InChI is InChI=1S/C18H28N2O2.ClH/c19-15-17-9-4-5-12-20(17)18(21)10-6-13-22-14-11-16-7-2-1-3-8-16;/h1-3,7-8,17H,4-6,9-15,19H2;1H. The van der Waals surface area contributed by atoms with Gasteiger partial charge in [-0.05, 0) is 37.7 Å². The van der Waals surface area contributed by atoms with Crippen molar-refractivity contribution in [3.63, 3.8) is 0 Å². The summed E-state index contributed by atoms with van der Waals surface area (Å²) in [5, 5.41) is 0. The Kier molecular flexibility index (Phi) is 9.92. The summed E-state index contributed by atoms with van der Waals surface area (Å²) < 4.78 is 5.63. The van der Waals surface area contributed by atoms with Crippen molar-refractivity contribution in [3.05, 3.63) is 35.9 Å². The van der Waals surface area contributed by atoms with Crippen LogP contribution >= 0.6 is 12.4 Å². The number of halogens is 1. The van der Waals surface area contributed by atoms with Crippen molar-refractivity contribution in [2.75, 3.05) is 26.3 Å². The molecule has 4 nitrogen and oxygen atoms in total. The molecule has 5 heteroatoms. The van der Waals surface area contributed by atoms with E-state index in [0.717, 1.165) is 32.2 Å². The van der Waals surface area contributed by atoms with Crippen LogP contribution in [0.2, 0.25) is 0 Å². The zero-order chi connectivity index (χ0) is 15.6. The van der Waals surface area contributed by atoms with Gasteiger partial charge in [-0.25, -0.2) is 0 Å². The minimum atomic E-state index is 0. The predicted molar refractivity (Wildman–Crippen MR) is 95.9 cm³/mol. The Bertz CT molecular complexity index is 442. The van der Waals surface area contributed by atoms with Crippen LogP contribution in [0.1, 0.15) is 37.7 Å². The number of ether oxygens (including phenoxy) is 1. The van der Waals surface area contributed by atoms with Gasteiger partial charge in [0.1, 0.15) is 0 Å². The maximum Gasteiger partial charge on any atom is 0.222 e. The number of hydrogen-bond acceptors (Lipinski definition) is 3. The SMILES string of the molecule is Cl.NCC1CCCCN1C(=O)CCCOCCc1ccccc1. The Hall–Kier alpha value is -1.10. The van der Waals surface area contributed by atoms with Crippen molar-refractivity contribution in [3.8, 4) is 0 Å². The number of amides is 1. The number of benzene rings is 1. The maximum atomic E-state index is 12.2. The molecule has 1 aliphatic rings. The van der Waals surface area contributed by atoms with E-state index < -0.39 is 0 Å². The van der Waals surface area contributed by atoms with E-state index in [1.54, 1.807) is 0 Å². The lowest BCUT2D eigenvalue weighted by Gasteiger charge is -2.35. The molecule has 130 valence electrons. The Morgan fingerprint density at radius 2 is 2.00 bits per heavy atom. The summed E-state index contributed by atoms with van der Waals surface area (Å²) in [6.07, 6.45) is 5.64. The molecule has 2 N–H and O–H groups in total. The molecule has 1 fully saturated rings. The van der Waals surface area contributed by atoms with Gasteiger partial charge in [-0.3, -0.25) is 4.79 Å². The minimum Gasteiger partial charge on any atom is -0.381 e. The largest absolute Gasteiger partial charge is 0.381 e. The summed E-state index contributed by atoms with van der Waals surface area (Å²) in [6.45, 7) is 2.82. The normalized spacial score (nSPS) is 17.6. The molecule has 1 atom stereocenters. The van der Waals surface area contributed by atoms with Crippen molar-refractivity contribution in [1.29, 1.82) is 0 Å². The summed E-state index contributed by atoms with van der Waals surface area (Å²) >= 11 is 0. The van der Waals surface area contributed by atoms with E-state index in [-0.39, 0.29) is 24.4 Å². The van der Waals surface area contributed by atoms with Gasteiger partial charge in [-0.2, -0.15) is 0 Å². The van der Waals surface area contributed by atoms with Crippen LogP contribution in [0.5, 0.6) is 0 Å². The smallest absolute Gasteiger partial charge is 0.222 e. The fourth-order valence-corrected chi connectivity index (χ4v) is 2.98. The van der Waals surface area contributed by atoms with E-state index in [2.05, 4.69) is 12.1 Å². The molecule has 0 saturated carbocycles. The lowest BCUT2D eigenvalue weighted by molar-refractivity contribution is -0.135. The predicted octanol–water partition coefficient (Wildman–Crippen LogP) is 2.79. The van der Waals surface area contributed by atoms with Gasteiger partial charge in [-0.1, -0.05) is 30.3 Å². The second kappa shape index (κ2) is 11.4. The Balaban J connectivity index is 0.00000264. The minimum absolute atomic E-state index is 0. The van der Waals surface area contributed by atoms with Crippen LogP contribution in [0, 0.1) is 0 Å². The highest BCUT2D eigenvalue weighted by atomic mass is 35.5. The quantitative estimate of drug-likeness (QED) is 0.740. The van der Waals surface area contributed by atoms with E-state index >= 15 is 0 Å². The van der Waals surface area contributed by atoms with E-state index in [0.29, 0.717) is 26.2 Å². The van der Waals surface area contributed by atoms with E-state index in [1.165, 1.54) is 12.0 Å². The molecule has 0 spiro atoms. The molecule has 1 aromatic rings. The summed E-state index contributed by atoms with van der Waals surface area (Å²) in [6, 6.07) is 10.6. The van der Waals surface area contributed by atoms with Gasteiger partial charge in [0.15, 0.2) is 0 Å². The van der Waals surface area contributed by atoms with E-state index in [1.807, 2.05) is 23.1 Å². The zero-order valence-corrected chi connectivity index (χ0v) is 14.6. The number of likely N-dealkylation sites (tertiary alicyclic amines) is 1. The van der Waals surface area contributed by atoms with Crippen LogP contribution in [-0.4, -0.2) is 43.2 Å². The van der Waals surface area contributed by atoms with Gasteiger partial charge in [0.2, 0.25) is 5.91 Å². The zero-order valence-electron chi connectivity index (χ0n) is 13.8. The van der Waals surface area contributed by atoms with Crippen molar-refractivity contribution in [2.45, 2.75) is 44.6 Å². The molecular weight excluding hydrogens is 312 g/mol. The maximum absolute atomic E-state index is 12.2. The molecule has 0 aromatic heterocycles. The average molecular weight is 341 g/mol.